The zero-order chi connectivity index (χ0) is 11.6. The number of carboxylic acid groups (broad SMARTS) is 1. The number of phenols is 1. The Morgan fingerprint density at radius 1 is 1.60 bits per heavy atom. The highest BCUT2D eigenvalue weighted by Gasteiger charge is 2.16. The van der Waals surface area contributed by atoms with E-state index in [2.05, 4.69) is 0 Å². The minimum Gasteiger partial charge on any atom is -0.506 e. The van der Waals surface area contributed by atoms with Crippen LogP contribution in [-0.2, 0) is 11.2 Å². The maximum Gasteiger partial charge on any atom is 0.307 e. The molecule has 4 nitrogen and oxygen atoms in total. The Hall–Kier alpha value is -1.42. The van der Waals surface area contributed by atoms with Crippen LogP contribution in [0.25, 0.3) is 0 Å². The number of aliphatic carboxylic acids is 1. The Bertz CT molecular complexity index is 401. The fourth-order valence-corrected chi connectivity index (χ4v) is 1.71. The van der Waals surface area contributed by atoms with E-state index in [4.69, 9.17) is 21.4 Å². The summed E-state index contributed by atoms with van der Waals surface area (Å²) in [5.41, 5.74) is 0.974. The van der Waals surface area contributed by atoms with Crippen LogP contribution in [0, 0.1) is 6.92 Å². The van der Waals surface area contributed by atoms with Crippen LogP contribution < -0.4 is 4.74 Å². The second kappa shape index (κ2) is 4.40. The van der Waals surface area contributed by atoms with Crippen molar-refractivity contribution >= 4 is 17.6 Å². The van der Waals surface area contributed by atoms with E-state index in [1.165, 1.54) is 7.11 Å². The van der Waals surface area contributed by atoms with Crippen LogP contribution in [-0.4, -0.2) is 23.3 Å². The second-order valence-electron chi connectivity index (χ2n) is 3.12. The first-order chi connectivity index (χ1) is 6.97. The Kier molecular flexibility index (Phi) is 3.42. The highest BCUT2D eigenvalue weighted by molar-refractivity contribution is 6.33. The molecule has 0 amide bonds. The lowest BCUT2D eigenvalue weighted by atomic mass is 10.1. The molecule has 0 bridgehead atoms. The van der Waals surface area contributed by atoms with Gasteiger partial charge in [-0.3, -0.25) is 4.79 Å². The first-order valence-corrected chi connectivity index (χ1v) is 4.62. The molecule has 0 radical (unpaired) electrons. The van der Waals surface area contributed by atoms with Gasteiger partial charge in [0.2, 0.25) is 0 Å². The quantitative estimate of drug-likeness (QED) is 0.833. The third-order valence-electron chi connectivity index (χ3n) is 2.01. The topological polar surface area (TPSA) is 66.8 Å². The molecule has 0 fully saturated rings. The summed E-state index contributed by atoms with van der Waals surface area (Å²) in [6, 6.07) is 1.55. The van der Waals surface area contributed by atoms with Crippen molar-refractivity contribution in [3.8, 4) is 11.5 Å². The first kappa shape index (κ1) is 11.7. The Morgan fingerprint density at radius 2 is 2.20 bits per heavy atom. The number of phenolic OH excluding ortho intramolecular Hbond substituents is 1. The lowest BCUT2D eigenvalue weighted by molar-refractivity contribution is -0.136. The maximum absolute atomic E-state index is 10.5. The van der Waals surface area contributed by atoms with Crippen LogP contribution in [0.1, 0.15) is 11.1 Å². The standard InChI is InChI=1S/C10H11ClO4/c1-5-3-6(4-7(12)13)9(14)8(11)10(5)15-2/h3,14H,4H2,1-2H3,(H,12,13). The lowest BCUT2D eigenvalue weighted by Gasteiger charge is -2.11. The highest BCUT2D eigenvalue weighted by Crippen LogP contribution is 2.38. The van der Waals surface area contributed by atoms with E-state index >= 15 is 0 Å². The van der Waals surface area contributed by atoms with Crippen LogP contribution in [0.4, 0.5) is 0 Å². The number of carboxylic acids is 1. The molecule has 0 saturated carbocycles. The third-order valence-corrected chi connectivity index (χ3v) is 2.36. The molecule has 1 rings (SSSR count). The zero-order valence-electron chi connectivity index (χ0n) is 8.37. The van der Waals surface area contributed by atoms with Gasteiger partial charge in [-0.2, -0.15) is 0 Å². The van der Waals surface area contributed by atoms with Gasteiger partial charge in [0.05, 0.1) is 13.5 Å². The maximum atomic E-state index is 10.5. The number of hydrogen-bond acceptors (Lipinski definition) is 3. The minimum absolute atomic E-state index is 0.0498. The van der Waals surface area contributed by atoms with Crippen molar-refractivity contribution in [1.82, 2.24) is 0 Å². The van der Waals surface area contributed by atoms with E-state index in [9.17, 15) is 9.90 Å². The van der Waals surface area contributed by atoms with Gasteiger partial charge in [0.15, 0.2) is 0 Å². The average Bonchev–Trinajstić information content (AvgIpc) is 2.14. The smallest absolute Gasteiger partial charge is 0.307 e. The molecule has 2 N–H and O–H groups in total. The number of aromatic hydroxyl groups is 1. The summed E-state index contributed by atoms with van der Waals surface area (Å²) in [7, 11) is 1.44. The summed E-state index contributed by atoms with van der Waals surface area (Å²) in [6.45, 7) is 1.73. The molecule has 0 aliphatic rings. The number of halogens is 1. The predicted octanol–water partition coefficient (Wildman–Crippen LogP) is 1.99. The first-order valence-electron chi connectivity index (χ1n) is 4.24. The normalized spacial score (nSPS) is 10.1. The lowest BCUT2D eigenvalue weighted by Crippen LogP contribution is -2.02. The number of aryl methyl sites for hydroxylation is 1. The summed E-state index contributed by atoms with van der Waals surface area (Å²) in [4.78, 5) is 10.5. The van der Waals surface area contributed by atoms with E-state index in [0.29, 0.717) is 11.3 Å². The minimum atomic E-state index is -1.02. The SMILES string of the molecule is COc1c(C)cc(CC(=O)O)c(O)c1Cl. The fourth-order valence-electron chi connectivity index (χ4n) is 1.37. The largest absolute Gasteiger partial charge is 0.506 e. The number of carbonyl (C=O) groups is 1. The van der Waals surface area contributed by atoms with Crippen LogP contribution in [0.3, 0.4) is 0 Å². The molecule has 0 unspecified atom stereocenters. The van der Waals surface area contributed by atoms with Gasteiger partial charge in [-0.25, -0.2) is 0 Å². The van der Waals surface area contributed by atoms with E-state index < -0.39 is 5.97 Å². The molecule has 5 heteroatoms. The van der Waals surface area contributed by atoms with Gasteiger partial charge in [-0.05, 0) is 18.6 Å². The molecule has 0 aliphatic heterocycles. The molecule has 0 atom stereocenters. The van der Waals surface area contributed by atoms with Crippen molar-refractivity contribution in [1.29, 1.82) is 0 Å². The number of hydrogen-bond donors (Lipinski definition) is 2. The molecule has 0 aromatic heterocycles. The van der Waals surface area contributed by atoms with Crippen molar-refractivity contribution < 1.29 is 19.7 Å². The molecule has 82 valence electrons. The van der Waals surface area contributed by atoms with Crippen molar-refractivity contribution in [2.24, 2.45) is 0 Å². The predicted molar refractivity (Wildman–Crippen MR) is 55.7 cm³/mol. The summed E-state index contributed by atoms with van der Waals surface area (Å²) < 4.78 is 4.98. The van der Waals surface area contributed by atoms with E-state index in [1.54, 1.807) is 13.0 Å². The van der Waals surface area contributed by atoms with E-state index in [1.807, 2.05) is 0 Å². The van der Waals surface area contributed by atoms with Crippen molar-refractivity contribution in [3.05, 3.63) is 22.2 Å². The summed E-state index contributed by atoms with van der Waals surface area (Å²) >= 11 is 5.82. The number of ether oxygens (including phenoxy) is 1. The van der Waals surface area contributed by atoms with Crippen molar-refractivity contribution in [2.75, 3.05) is 7.11 Å². The van der Waals surface area contributed by atoms with E-state index in [0.717, 1.165) is 0 Å². The van der Waals surface area contributed by atoms with Gasteiger partial charge in [0.1, 0.15) is 16.5 Å². The number of methoxy groups -OCH3 is 1. The molecule has 0 heterocycles. The monoisotopic (exact) mass is 230 g/mol. The molecule has 1 aromatic carbocycles. The van der Waals surface area contributed by atoms with Gasteiger partial charge in [0.25, 0.3) is 0 Å². The van der Waals surface area contributed by atoms with Crippen LogP contribution in [0.2, 0.25) is 5.02 Å². The van der Waals surface area contributed by atoms with Gasteiger partial charge in [-0.1, -0.05) is 11.6 Å². The zero-order valence-corrected chi connectivity index (χ0v) is 9.13. The molecular weight excluding hydrogens is 220 g/mol. The Balaban J connectivity index is 3.27. The van der Waals surface area contributed by atoms with Crippen LogP contribution in [0.5, 0.6) is 11.5 Å². The summed E-state index contributed by atoms with van der Waals surface area (Å²) in [5, 5.41) is 18.3. The Morgan fingerprint density at radius 3 is 2.67 bits per heavy atom. The molecule has 0 saturated heterocycles. The second-order valence-corrected chi connectivity index (χ2v) is 3.50. The van der Waals surface area contributed by atoms with Gasteiger partial charge in [0, 0.05) is 5.56 Å². The van der Waals surface area contributed by atoms with Gasteiger partial charge >= 0.3 is 5.97 Å². The van der Waals surface area contributed by atoms with Gasteiger partial charge in [-0.15, -0.1) is 0 Å². The number of rotatable bonds is 3. The number of benzene rings is 1. The molecular formula is C10H11ClO4. The third kappa shape index (κ3) is 2.33. The Labute approximate surface area is 92.1 Å². The van der Waals surface area contributed by atoms with Crippen molar-refractivity contribution in [3.63, 3.8) is 0 Å². The van der Waals surface area contributed by atoms with Crippen molar-refractivity contribution in [2.45, 2.75) is 13.3 Å². The van der Waals surface area contributed by atoms with E-state index in [-0.39, 0.29) is 22.8 Å². The molecule has 1 aromatic rings. The summed E-state index contributed by atoms with van der Waals surface area (Å²) in [6.07, 6.45) is -0.267. The average molecular weight is 231 g/mol. The van der Waals surface area contributed by atoms with Crippen LogP contribution in [0.15, 0.2) is 6.07 Å². The fraction of sp³-hybridized carbons (Fsp3) is 0.300. The summed E-state index contributed by atoms with van der Waals surface area (Å²) in [5.74, 6) is -0.893. The molecule has 0 aliphatic carbocycles. The molecule has 15 heavy (non-hydrogen) atoms. The van der Waals surface area contributed by atoms with Gasteiger partial charge < -0.3 is 14.9 Å². The van der Waals surface area contributed by atoms with Crippen LogP contribution >= 0.6 is 11.6 Å². The molecule has 0 spiro atoms. The highest BCUT2D eigenvalue weighted by atomic mass is 35.5.